The number of nitrogens with two attached hydrogens (primary N) is 1. The number of carbonyl (C=O) groups is 2. The number of rotatable bonds is 4. The Labute approximate surface area is 113 Å². The fourth-order valence-corrected chi connectivity index (χ4v) is 5.66. The van der Waals surface area contributed by atoms with Crippen LogP contribution in [0, 0.1) is 35.0 Å². The van der Waals surface area contributed by atoms with Gasteiger partial charge in [0.2, 0.25) is 5.91 Å². The summed E-state index contributed by atoms with van der Waals surface area (Å²) in [4.78, 5) is 23.1. The summed E-state index contributed by atoms with van der Waals surface area (Å²) in [6.07, 6.45) is 5.99. The summed E-state index contributed by atoms with van der Waals surface area (Å²) in [7, 11) is 0. The summed E-state index contributed by atoms with van der Waals surface area (Å²) in [5.74, 6) is 1.43. The van der Waals surface area contributed by atoms with Crippen molar-refractivity contribution in [1.82, 2.24) is 0 Å². The van der Waals surface area contributed by atoms with Crippen LogP contribution in [-0.4, -0.2) is 17.0 Å². The second-order valence-electron chi connectivity index (χ2n) is 7.32. The normalized spacial score (nSPS) is 42.9. The van der Waals surface area contributed by atoms with Crippen molar-refractivity contribution < 1.29 is 14.7 Å². The van der Waals surface area contributed by atoms with Crippen LogP contribution in [0.25, 0.3) is 0 Å². The highest BCUT2D eigenvalue weighted by Crippen LogP contribution is 2.61. The van der Waals surface area contributed by atoms with Gasteiger partial charge < -0.3 is 10.8 Å². The summed E-state index contributed by atoms with van der Waals surface area (Å²) < 4.78 is 0. The Morgan fingerprint density at radius 1 is 1.11 bits per heavy atom. The molecule has 0 aromatic carbocycles. The van der Waals surface area contributed by atoms with E-state index < -0.39 is 17.3 Å². The Hall–Kier alpha value is -1.06. The summed E-state index contributed by atoms with van der Waals surface area (Å²) in [6.45, 7) is 1.74. The largest absolute Gasteiger partial charge is 0.481 e. The van der Waals surface area contributed by atoms with Crippen LogP contribution in [0.4, 0.5) is 0 Å². The highest BCUT2D eigenvalue weighted by Gasteiger charge is 2.57. The van der Waals surface area contributed by atoms with E-state index in [1.807, 2.05) is 0 Å². The number of aliphatic carboxylic acids is 1. The minimum Gasteiger partial charge on any atom is -0.481 e. The smallest absolute Gasteiger partial charge is 0.310 e. The first kappa shape index (κ1) is 12.9. The predicted octanol–water partition coefficient (Wildman–Crippen LogP) is 2.02. The maximum absolute atomic E-state index is 11.8. The molecule has 0 saturated heterocycles. The zero-order chi connectivity index (χ0) is 13.8. The van der Waals surface area contributed by atoms with E-state index in [1.165, 1.54) is 32.1 Å². The van der Waals surface area contributed by atoms with Crippen LogP contribution in [0.5, 0.6) is 0 Å². The molecule has 4 aliphatic rings. The van der Waals surface area contributed by atoms with E-state index in [2.05, 4.69) is 0 Å². The minimum absolute atomic E-state index is 0.0185. The number of amides is 1. The van der Waals surface area contributed by atoms with E-state index in [0.717, 1.165) is 11.8 Å². The van der Waals surface area contributed by atoms with Gasteiger partial charge in [0.25, 0.3) is 0 Å². The van der Waals surface area contributed by atoms with Gasteiger partial charge in [0.05, 0.1) is 5.41 Å². The first-order valence-corrected chi connectivity index (χ1v) is 7.42. The molecule has 4 heteroatoms. The van der Waals surface area contributed by atoms with Crippen LogP contribution in [0.3, 0.4) is 0 Å². The minimum atomic E-state index is -0.964. The third kappa shape index (κ3) is 1.96. The number of carboxylic acid groups (broad SMARTS) is 1. The van der Waals surface area contributed by atoms with Crippen LogP contribution in [0.1, 0.15) is 45.4 Å². The quantitative estimate of drug-likeness (QED) is 0.816. The van der Waals surface area contributed by atoms with E-state index in [-0.39, 0.29) is 12.3 Å². The third-order valence-corrected chi connectivity index (χ3v) is 5.99. The molecule has 1 unspecified atom stereocenters. The average Bonchev–Trinajstić information content (AvgIpc) is 2.25. The van der Waals surface area contributed by atoms with Crippen LogP contribution >= 0.6 is 0 Å². The van der Waals surface area contributed by atoms with Crippen LogP contribution in [0.15, 0.2) is 0 Å². The van der Waals surface area contributed by atoms with E-state index in [9.17, 15) is 14.7 Å². The zero-order valence-electron chi connectivity index (χ0n) is 11.5. The van der Waals surface area contributed by atoms with E-state index >= 15 is 0 Å². The standard InChI is InChI=1S/C15H23NO3/c1-15(14(18)19,7-12(16)17)13-10-3-8-2-9(5-10)6-11(13)4-8/h8-11,13H,2-7H2,1H3,(H2,16,17)(H,18,19). The lowest BCUT2D eigenvalue weighted by molar-refractivity contribution is -0.167. The van der Waals surface area contributed by atoms with Gasteiger partial charge >= 0.3 is 5.97 Å². The van der Waals surface area contributed by atoms with Gasteiger partial charge in [-0.2, -0.15) is 0 Å². The van der Waals surface area contributed by atoms with Gasteiger partial charge in [-0.15, -0.1) is 0 Å². The van der Waals surface area contributed by atoms with Crippen molar-refractivity contribution in [3.63, 3.8) is 0 Å². The zero-order valence-corrected chi connectivity index (χ0v) is 11.5. The maximum Gasteiger partial charge on any atom is 0.310 e. The molecule has 3 N–H and O–H groups in total. The number of carboxylic acids is 1. The summed E-state index contributed by atoms with van der Waals surface area (Å²) in [6, 6.07) is 0. The SMILES string of the molecule is CC(CC(N)=O)(C(=O)O)C1C2CC3CC(C2)CC1C3. The molecule has 0 spiro atoms. The predicted molar refractivity (Wildman–Crippen MR) is 70.1 cm³/mol. The molecule has 4 bridgehead atoms. The van der Waals surface area contributed by atoms with Gasteiger partial charge in [-0.05, 0) is 68.6 Å². The van der Waals surface area contributed by atoms with Crippen molar-refractivity contribution in [2.75, 3.05) is 0 Å². The molecule has 0 radical (unpaired) electrons. The average molecular weight is 265 g/mol. The molecule has 1 atom stereocenters. The van der Waals surface area contributed by atoms with Gasteiger partial charge in [0.1, 0.15) is 0 Å². The molecule has 4 fully saturated rings. The van der Waals surface area contributed by atoms with Crippen molar-refractivity contribution >= 4 is 11.9 Å². The highest BCUT2D eigenvalue weighted by atomic mass is 16.4. The van der Waals surface area contributed by atoms with Crippen LogP contribution in [-0.2, 0) is 9.59 Å². The lowest BCUT2D eigenvalue weighted by atomic mass is 9.46. The van der Waals surface area contributed by atoms with E-state index in [4.69, 9.17) is 5.73 Å². The van der Waals surface area contributed by atoms with Crippen molar-refractivity contribution in [2.45, 2.75) is 45.4 Å². The van der Waals surface area contributed by atoms with Crippen molar-refractivity contribution in [3.8, 4) is 0 Å². The second kappa shape index (κ2) is 4.22. The summed E-state index contributed by atoms with van der Waals surface area (Å²) >= 11 is 0. The van der Waals surface area contributed by atoms with Crippen LogP contribution in [0.2, 0.25) is 0 Å². The van der Waals surface area contributed by atoms with Crippen molar-refractivity contribution in [2.24, 2.45) is 40.7 Å². The molecule has 4 nitrogen and oxygen atoms in total. The molecule has 19 heavy (non-hydrogen) atoms. The molecule has 4 aliphatic carbocycles. The Morgan fingerprint density at radius 3 is 1.95 bits per heavy atom. The van der Waals surface area contributed by atoms with E-state index in [0.29, 0.717) is 11.8 Å². The number of carbonyl (C=O) groups excluding carboxylic acids is 1. The number of hydrogen-bond donors (Lipinski definition) is 2. The number of primary amides is 1. The Balaban J connectivity index is 1.90. The van der Waals surface area contributed by atoms with Crippen molar-refractivity contribution in [3.05, 3.63) is 0 Å². The van der Waals surface area contributed by atoms with E-state index in [1.54, 1.807) is 6.92 Å². The van der Waals surface area contributed by atoms with Gasteiger partial charge in [-0.3, -0.25) is 9.59 Å². The van der Waals surface area contributed by atoms with Gasteiger partial charge in [-0.25, -0.2) is 0 Å². The molecule has 0 aliphatic heterocycles. The molecular weight excluding hydrogens is 242 g/mol. The molecule has 106 valence electrons. The Morgan fingerprint density at radius 2 is 1.58 bits per heavy atom. The third-order valence-electron chi connectivity index (χ3n) is 5.99. The molecule has 0 aromatic rings. The van der Waals surface area contributed by atoms with Gasteiger partial charge in [-0.1, -0.05) is 0 Å². The van der Waals surface area contributed by atoms with Gasteiger partial charge in [0, 0.05) is 6.42 Å². The Bertz CT molecular complexity index is 392. The van der Waals surface area contributed by atoms with Crippen LogP contribution < -0.4 is 5.73 Å². The topological polar surface area (TPSA) is 80.4 Å². The Kier molecular flexibility index (Phi) is 2.88. The molecule has 1 amide bonds. The fourth-order valence-electron chi connectivity index (χ4n) is 5.66. The lowest BCUT2D eigenvalue weighted by Crippen LogP contribution is -2.54. The fraction of sp³-hybridized carbons (Fsp3) is 0.867. The number of hydrogen-bond acceptors (Lipinski definition) is 2. The maximum atomic E-state index is 11.8. The molecule has 0 heterocycles. The summed E-state index contributed by atoms with van der Waals surface area (Å²) in [5.41, 5.74) is 4.34. The second-order valence-corrected chi connectivity index (χ2v) is 7.32. The van der Waals surface area contributed by atoms with Crippen molar-refractivity contribution in [1.29, 1.82) is 0 Å². The molecular formula is C15H23NO3. The molecule has 4 rings (SSSR count). The molecule has 0 aromatic heterocycles. The first-order valence-electron chi connectivity index (χ1n) is 7.42. The summed E-state index contributed by atoms with van der Waals surface area (Å²) in [5, 5.41) is 9.66. The monoisotopic (exact) mass is 265 g/mol. The molecule has 4 saturated carbocycles. The highest BCUT2D eigenvalue weighted by molar-refractivity contribution is 5.84. The van der Waals surface area contributed by atoms with Gasteiger partial charge in [0.15, 0.2) is 0 Å². The first-order chi connectivity index (χ1) is 8.90. The lowest BCUT2D eigenvalue weighted by Gasteiger charge is -2.58.